The molecule has 1 aliphatic heterocycles. The van der Waals surface area contributed by atoms with E-state index < -0.39 is 11.6 Å². The summed E-state index contributed by atoms with van der Waals surface area (Å²) in [6.07, 6.45) is 3.40. The summed E-state index contributed by atoms with van der Waals surface area (Å²) in [6.45, 7) is 2.25. The first kappa shape index (κ1) is 21.2. The van der Waals surface area contributed by atoms with E-state index in [0.29, 0.717) is 37.0 Å². The highest BCUT2D eigenvalue weighted by Crippen LogP contribution is 2.27. The first-order valence-corrected chi connectivity index (χ1v) is 10.4. The lowest BCUT2D eigenvalue weighted by molar-refractivity contribution is 0.385. The van der Waals surface area contributed by atoms with Gasteiger partial charge in [-0.1, -0.05) is 17.0 Å². The number of anilines is 1. The van der Waals surface area contributed by atoms with Gasteiger partial charge in [0, 0.05) is 38.3 Å². The lowest BCUT2D eigenvalue weighted by atomic mass is 10.2. The Morgan fingerprint density at radius 1 is 1.28 bits per heavy atom. The van der Waals surface area contributed by atoms with Crippen LogP contribution < -0.4 is 10.2 Å². The lowest BCUT2D eigenvalue weighted by Crippen LogP contribution is -2.48. The highest BCUT2D eigenvalue weighted by Gasteiger charge is 2.24. The van der Waals surface area contributed by atoms with Gasteiger partial charge < -0.3 is 19.9 Å². The molecule has 0 aliphatic carbocycles. The molecular formula is C17H21F2N7OS2. The zero-order valence-corrected chi connectivity index (χ0v) is 17.6. The van der Waals surface area contributed by atoms with E-state index in [1.54, 1.807) is 11.1 Å². The number of amidine groups is 1. The smallest absolute Gasteiger partial charge is 0.256 e. The van der Waals surface area contributed by atoms with E-state index in [1.165, 1.54) is 35.7 Å². The second-order valence-corrected chi connectivity index (χ2v) is 7.41. The van der Waals surface area contributed by atoms with Gasteiger partial charge in [0.2, 0.25) is 0 Å². The van der Waals surface area contributed by atoms with Crippen molar-refractivity contribution >= 4 is 40.0 Å². The average molecular weight is 442 g/mol. The molecule has 1 aromatic heterocycles. The van der Waals surface area contributed by atoms with Crippen LogP contribution in [0.2, 0.25) is 0 Å². The maximum Gasteiger partial charge on any atom is 0.256 e. The van der Waals surface area contributed by atoms with Crippen molar-refractivity contribution in [3.8, 4) is 5.69 Å². The first-order valence-electron chi connectivity index (χ1n) is 8.77. The van der Waals surface area contributed by atoms with Gasteiger partial charge in [-0.2, -0.15) is 0 Å². The van der Waals surface area contributed by atoms with Crippen LogP contribution in [0, 0.1) is 17.0 Å². The predicted molar refractivity (Wildman–Crippen MR) is 113 cm³/mol. The summed E-state index contributed by atoms with van der Waals surface area (Å²) in [5.74, 6) is -1.33. The number of thiocarbonyl (C=S) groups is 1. The van der Waals surface area contributed by atoms with Crippen LogP contribution in [0.25, 0.3) is 5.69 Å². The van der Waals surface area contributed by atoms with E-state index in [2.05, 4.69) is 15.6 Å². The predicted octanol–water partition coefficient (Wildman–Crippen LogP) is 1.99. The summed E-state index contributed by atoms with van der Waals surface area (Å²) in [6, 6.07) is 2.47. The van der Waals surface area contributed by atoms with Crippen molar-refractivity contribution in [2.24, 2.45) is 0 Å². The van der Waals surface area contributed by atoms with Crippen molar-refractivity contribution < 1.29 is 13.5 Å². The standard InChI is InChI=1S/C17H21F2N7OS2/c1-27-17(28)21-9-11-10-26(23-22-11)12-7-13(18)15(14(19)8-12)24-3-5-25(6-4-24)16(20)29-2/h7-8,10,20H,3-6,9H2,1-2H3,(H,21,28). The van der Waals surface area contributed by atoms with Crippen molar-refractivity contribution in [1.29, 1.82) is 5.41 Å². The number of piperazine rings is 1. The van der Waals surface area contributed by atoms with E-state index >= 15 is 0 Å². The van der Waals surface area contributed by atoms with E-state index in [4.69, 9.17) is 22.4 Å². The van der Waals surface area contributed by atoms with Crippen molar-refractivity contribution in [1.82, 2.24) is 25.2 Å². The molecule has 156 valence electrons. The maximum atomic E-state index is 14.8. The highest BCUT2D eigenvalue weighted by atomic mass is 32.2. The van der Waals surface area contributed by atoms with Crippen LogP contribution in [-0.2, 0) is 11.3 Å². The summed E-state index contributed by atoms with van der Waals surface area (Å²) in [5, 5.41) is 19.2. The minimum atomic E-state index is -0.663. The van der Waals surface area contributed by atoms with E-state index in [0.717, 1.165) is 0 Å². The lowest BCUT2D eigenvalue weighted by Gasteiger charge is -2.37. The van der Waals surface area contributed by atoms with Crippen molar-refractivity contribution in [3.63, 3.8) is 0 Å². The molecule has 0 bridgehead atoms. The number of halogens is 2. The number of nitrogens with zero attached hydrogens (tertiary/aromatic N) is 5. The monoisotopic (exact) mass is 441 g/mol. The van der Waals surface area contributed by atoms with Gasteiger partial charge in [0.15, 0.2) is 16.8 Å². The maximum absolute atomic E-state index is 14.8. The Morgan fingerprint density at radius 2 is 1.93 bits per heavy atom. The van der Waals surface area contributed by atoms with Crippen LogP contribution in [0.5, 0.6) is 0 Å². The summed E-state index contributed by atoms with van der Waals surface area (Å²) in [7, 11) is 1.45. The Labute approximate surface area is 176 Å². The molecule has 0 radical (unpaired) electrons. The fraction of sp³-hybridized carbons (Fsp3) is 0.412. The number of ether oxygens (including phenoxy) is 1. The molecule has 1 aromatic carbocycles. The number of nitrogens with one attached hydrogen (secondary N) is 2. The number of hydrogen-bond acceptors (Lipinski definition) is 7. The van der Waals surface area contributed by atoms with E-state index in [9.17, 15) is 8.78 Å². The van der Waals surface area contributed by atoms with Crippen molar-refractivity contribution in [2.45, 2.75) is 6.54 Å². The van der Waals surface area contributed by atoms with E-state index in [-0.39, 0.29) is 23.1 Å². The van der Waals surface area contributed by atoms with Crippen molar-refractivity contribution in [3.05, 3.63) is 35.7 Å². The number of rotatable bonds is 4. The second-order valence-electron chi connectivity index (χ2n) is 6.24. The summed E-state index contributed by atoms with van der Waals surface area (Å²) in [5.41, 5.74) is 0.720. The van der Waals surface area contributed by atoms with Crippen molar-refractivity contribution in [2.75, 3.05) is 44.4 Å². The van der Waals surface area contributed by atoms with Gasteiger partial charge in [0.25, 0.3) is 5.17 Å². The summed E-state index contributed by atoms with van der Waals surface area (Å²) < 4.78 is 35.7. The Bertz CT molecular complexity index is 877. The number of thioether (sulfide) groups is 1. The van der Waals surface area contributed by atoms with Crippen LogP contribution in [0.15, 0.2) is 18.3 Å². The van der Waals surface area contributed by atoms with Crippen LogP contribution in [0.1, 0.15) is 5.69 Å². The minimum Gasteiger partial charge on any atom is -0.474 e. The zero-order valence-electron chi connectivity index (χ0n) is 16.0. The minimum absolute atomic E-state index is 0.0588. The van der Waals surface area contributed by atoms with Crippen LogP contribution in [0.3, 0.4) is 0 Å². The molecule has 2 heterocycles. The number of methoxy groups -OCH3 is 1. The molecule has 1 aliphatic rings. The largest absolute Gasteiger partial charge is 0.474 e. The summed E-state index contributed by atoms with van der Waals surface area (Å²) >= 11 is 6.24. The molecule has 1 fully saturated rings. The normalized spacial score (nSPS) is 14.1. The zero-order chi connectivity index (χ0) is 21.0. The van der Waals surface area contributed by atoms with Gasteiger partial charge in [-0.3, -0.25) is 5.41 Å². The molecule has 2 aromatic rings. The Morgan fingerprint density at radius 3 is 2.52 bits per heavy atom. The fourth-order valence-electron chi connectivity index (χ4n) is 2.99. The fourth-order valence-corrected chi connectivity index (χ4v) is 3.50. The molecule has 29 heavy (non-hydrogen) atoms. The summed E-state index contributed by atoms with van der Waals surface area (Å²) in [4.78, 5) is 3.56. The molecule has 0 spiro atoms. The topological polar surface area (TPSA) is 82.3 Å². The van der Waals surface area contributed by atoms with Gasteiger partial charge in [0.05, 0.1) is 25.5 Å². The Balaban J connectivity index is 1.72. The third kappa shape index (κ3) is 4.93. The molecule has 3 rings (SSSR count). The van der Waals surface area contributed by atoms with Crippen LogP contribution in [0.4, 0.5) is 14.5 Å². The van der Waals surface area contributed by atoms with Crippen LogP contribution in [-0.4, -0.2) is 69.8 Å². The quantitative estimate of drug-likeness (QED) is 0.424. The Hall–Kier alpha value is -2.47. The average Bonchev–Trinajstić information content (AvgIpc) is 3.20. The SMILES string of the molecule is COC(=S)NCc1cn(-c2cc(F)c(N3CCN(C(=N)SC)CC3)c(F)c2)nn1. The number of hydrogen-bond donors (Lipinski definition) is 2. The first-order chi connectivity index (χ1) is 13.9. The molecule has 2 N–H and O–H groups in total. The third-order valence-corrected chi connectivity index (χ3v) is 5.44. The molecule has 12 heteroatoms. The molecule has 0 unspecified atom stereocenters. The molecule has 0 atom stereocenters. The molecular weight excluding hydrogens is 420 g/mol. The van der Waals surface area contributed by atoms with Gasteiger partial charge in [-0.15, -0.1) is 5.10 Å². The van der Waals surface area contributed by atoms with Crippen LogP contribution >= 0.6 is 24.0 Å². The van der Waals surface area contributed by atoms with Gasteiger partial charge in [0.1, 0.15) is 11.4 Å². The second kappa shape index (κ2) is 9.35. The van der Waals surface area contributed by atoms with Gasteiger partial charge in [-0.05, 0) is 18.5 Å². The molecule has 0 amide bonds. The number of benzene rings is 1. The molecule has 0 saturated carbocycles. The molecule has 1 saturated heterocycles. The number of aromatic nitrogens is 3. The van der Waals surface area contributed by atoms with Gasteiger partial charge >= 0.3 is 0 Å². The third-order valence-electron chi connectivity index (χ3n) is 4.48. The van der Waals surface area contributed by atoms with E-state index in [1.807, 2.05) is 11.2 Å². The Kier molecular flexibility index (Phi) is 6.85. The highest BCUT2D eigenvalue weighted by molar-refractivity contribution is 8.13. The molecule has 8 nitrogen and oxygen atoms in total. The van der Waals surface area contributed by atoms with Gasteiger partial charge in [-0.25, -0.2) is 13.5 Å².